The molecule has 1 N–H and O–H groups in total. The van der Waals surface area contributed by atoms with Crippen LogP contribution >= 0.6 is 25.3 Å². The van der Waals surface area contributed by atoms with Crippen LogP contribution in [-0.4, -0.2) is 11.9 Å². The van der Waals surface area contributed by atoms with Crippen molar-refractivity contribution >= 4 is 25.3 Å². The minimum absolute atomic E-state index is 0.576. The molecule has 0 aliphatic carbocycles. The molecule has 0 aromatic carbocycles. The van der Waals surface area contributed by atoms with Gasteiger partial charge < -0.3 is 0 Å². The van der Waals surface area contributed by atoms with Gasteiger partial charge in [0.25, 0.3) is 0 Å². The van der Waals surface area contributed by atoms with Gasteiger partial charge in [0.1, 0.15) is 0 Å². The van der Waals surface area contributed by atoms with Crippen molar-refractivity contribution in [1.82, 2.24) is 5.09 Å². The summed E-state index contributed by atoms with van der Waals surface area (Å²) in [7, 11) is 2.30. The third kappa shape index (κ3) is 3.53. The van der Waals surface area contributed by atoms with Crippen LogP contribution in [0, 0.1) is 0 Å². The smallest absolute Gasteiger partial charge is 0.0880 e. The van der Waals surface area contributed by atoms with E-state index >= 15 is 0 Å². The molecule has 0 spiro atoms. The largest absolute Gasteiger partial charge is 0.297 e. The summed E-state index contributed by atoms with van der Waals surface area (Å²) in [5, 5.41) is 3.34. The first kappa shape index (κ1) is 8.54. The molecule has 1 nitrogen and oxygen atoms in total. The molecule has 0 saturated heterocycles. The maximum atomic E-state index is 11.6. The number of alkyl halides is 1. The Kier molecular flexibility index (Phi) is 6.06. The van der Waals surface area contributed by atoms with E-state index < -0.39 is 0 Å². The lowest BCUT2D eigenvalue weighted by Crippen LogP contribution is -2.03. The molecular weight excluding hydrogens is 192 g/mol. The average Bonchev–Trinajstić information content (AvgIpc) is 1.83. The molecule has 4 heteroatoms. The van der Waals surface area contributed by atoms with E-state index in [0.29, 0.717) is 23.8 Å². The summed E-state index contributed by atoms with van der Waals surface area (Å²) in [4.78, 5) is 0. The van der Waals surface area contributed by atoms with Crippen molar-refractivity contribution in [3.8, 4) is 0 Å². The Morgan fingerprint density at radius 1 is 1.88 bits per heavy atom. The molecule has 48 valence electrons. The first-order valence-corrected chi connectivity index (χ1v) is 3.82. The first-order chi connectivity index (χ1) is 3.85. The monoisotopic (exact) mass is 199 g/mol. The summed E-state index contributed by atoms with van der Waals surface area (Å²) in [5.41, 5.74) is 0.708. The summed E-state index contributed by atoms with van der Waals surface area (Å²) in [6.45, 7) is 0.576. The van der Waals surface area contributed by atoms with Crippen molar-refractivity contribution in [2.24, 2.45) is 0 Å². The lowest BCUT2D eigenvalue weighted by Gasteiger charge is -1.96. The van der Waals surface area contributed by atoms with Gasteiger partial charge in [0.15, 0.2) is 0 Å². The molecule has 0 fully saturated rings. The zero-order chi connectivity index (χ0) is 6.41. The van der Waals surface area contributed by atoms with Crippen LogP contribution in [0.2, 0.25) is 0 Å². The van der Waals surface area contributed by atoms with E-state index in [4.69, 9.17) is 0 Å². The number of hydrogen-bond donors (Lipinski definition) is 1. The lowest BCUT2D eigenvalue weighted by atomic mass is 10.4. The fraction of sp³-hybridized carbons (Fsp3) is 0.500. The van der Waals surface area contributed by atoms with Gasteiger partial charge in [-0.2, -0.15) is 0 Å². The topological polar surface area (TPSA) is 12.0 Å². The van der Waals surface area contributed by atoms with Gasteiger partial charge >= 0.3 is 0 Å². The molecule has 0 heterocycles. The van der Waals surface area contributed by atoms with Gasteiger partial charge in [-0.3, -0.25) is 5.09 Å². The lowest BCUT2D eigenvalue weighted by molar-refractivity contribution is 0.705. The Morgan fingerprint density at radius 3 is 2.62 bits per heavy atom. The summed E-state index contributed by atoms with van der Waals surface area (Å²) in [6, 6.07) is 0. The van der Waals surface area contributed by atoms with Crippen LogP contribution in [0.15, 0.2) is 11.9 Å². The van der Waals surface area contributed by atoms with Gasteiger partial charge in [0.2, 0.25) is 0 Å². The molecule has 0 aromatic heterocycles. The minimum atomic E-state index is 0.576. The van der Waals surface area contributed by atoms with Crippen molar-refractivity contribution in [2.75, 3.05) is 11.9 Å². The molecule has 0 amide bonds. The predicted molar refractivity (Wildman–Crippen MR) is 40.7 cm³/mol. The minimum Gasteiger partial charge on any atom is -0.297 e. The number of halogens is 2. The van der Waals surface area contributed by atoms with E-state index in [1.54, 1.807) is 0 Å². The van der Waals surface area contributed by atoms with Crippen LogP contribution in [0.4, 0.5) is 4.39 Å². The predicted octanol–water partition coefficient (Wildman–Crippen LogP) is 1.61. The highest BCUT2D eigenvalue weighted by atomic mass is 79.9. The van der Waals surface area contributed by atoms with Gasteiger partial charge in [-0.25, -0.2) is 4.39 Å². The second kappa shape index (κ2) is 5.67. The zero-order valence-electron chi connectivity index (χ0n) is 4.32. The molecule has 0 bridgehead atoms. The van der Waals surface area contributed by atoms with Crippen LogP contribution in [0.25, 0.3) is 0 Å². The van der Waals surface area contributed by atoms with Gasteiger partial charge in [-0.1, -0.05) is 25.3 Å². The van der Waals surface area contributed by atoms with Crippen molar-refractivity contribution < 1.29 is 4.39 Å². The molecule has 0 rings (SSSR count). The summed E-state index contributed by atoms with van der Waals surface area (Å²) < 4.78 is 11.6. The molecular formula is C4H8BrFNP. The molecule has 1 unspecified atom stereocenters. The van der Waals surface area contributed by atoms with Gasteiger partial charge in [0.05, 0.1) is 6.33 Å². The van der Waals surface area contributed by atoms with Crippen molar-refractivity contribution in [2.45, 2.75) is 0 Å². The van der Waals surface area contributed by atoms with Crippen LogP contribution in [0.3, 0.4) is 0 Å². The van der Waals surface area contributed by atoms with E-state index in [0.717, 1.165) is 0 Å². The molecule has 1 atom stereocenters. The second-order valence-electron chi connectivity index (χ2n) is 1.28. The van der Waals surface area contributed by atoms with E-state index in [2.05, 4.69) is 30.4 Å². The Morgan fingerprint density at radius 2 is 2.50 bits per heavy atom. The molecule has 0 aliphatic heterocycles. The molecule has 0 radical (unpaired) electrons. The summed E-state index contributed by atoms with van der Waals surface area (Å²) in [5.74, 6) is 0. The van der Waals surface area contributed by atoms with E-state index in [9.17, 15) is 4.39 Å². The normalized spacial score (nSPS) is 12.1. The molecule has 8 heavy (non-hydrogen) atoms. The maximum absolute atomic E-state index is 11.6. The fourth-order valence-electron chi connectivity index (χ4n) is 0.246. The third-order valence-electron chi connectivity index (χ3n) is 0.655. The number of rotatable bonds is 3. The zero-order valence-corrected chi connectivity index (χ0v) is 7.07. The van der Waals surface area contributed by atoms with Gasteiger partial charge in [-0.05, 0) is 5.57 Å². The van der Waals surface area contributed by atoms with Crippen LogP contribution in [-0.2, 0) is 0 Å². The highest BCUT2D eigenvalue weighted by molar-refractivity contribution is 9.09. The second-order valence-corrected chi connectivity index (χ2v) is 2.25. The summed E-state index contributed by atoms with van der Waals surface area (Å²) >= 11 is 3.12. The standard InChI is InChI=1S/C4H8BrFNP/c5-1-4(2-6)3-7-8/h2,7H,1,3,8H2/b4-2-. The van der Waals surface area contributed by atoms with Crippen LogP contribution in [0.5, 0.6) is 0 Å². The Balaban J connectivity index is 3.38. The molecule has 0 saturated carbocycles. The number of nitrogens with one attached hydrogen (secondary N) is 1. The van der Waals surface area contributed by atoms with Gasteiger partial charge in [0, 0.05) is 11.9 Å². The maximum Gasteiger partial charge on any atom is 0.0880 e. The van der Waals surface area contributed by atoms with Gasteiger partial charge in [-0.15, -0.1) is 0 Å². The van der Waals surface area contributed by atoms with Crippen LogP contribution in [0.1, 0.15) is 0 Å². The Labute approximate surface area is 59.1 Å². The Hall–Kier alpha value is 0.540. The first-order valence-electron chi connectivity index (χ1n) is 2.12. The van der Waals surface area contributed by atoms with Crippen molar-refractivity contribution in [1.29, 1.82) is 0 Å². The Bertz CT molecular complexity index is 86.1. The highest BCUT2D eigenvalue weighted by Crippen LogP contribution is 1.98. The summed E-state index contributed by atoms with van der Waals surface area (Å²) in [6.07, 6.45) is 0.603. The van der Waals surface area contributed by atoms with Crippen molar-refractivity contribution in [3.05, 3.63) is 11.9 Å². The molecule has 0 aromatic rings. The quantitative estimate of drug-likeness (QED) is 0.539. The van der Waals surface area contributed by atoms with E-state index in [1.165, 1.54) is 0 Å². The SMILES string of the molecule is F/C=C(/CBr)CNP. The van der Waals surface area contributed by atoms with Crippen LogP contribution < -0.4 is 5.09 Å². The van der Waals surface area contributed by atoms with Crippen molar-refractivity contribution in [3.63, 3.8) is 0 Å². The average molecular weight is 200 g/mol. The highest BCUT2D eigenvalue weighted by Gasteiger charge is 1.89. The van der Waals surface area contributed by atoms with E-state index in [-0.39, 0.29) is 0 Å². The fourth-order valence-corrected chi connectivity index (χ4v) is 0.829. The van der Waals surface area contributed by atoms with E-state index in [1.807, 2.05) is 0 Å². The molecule has 0 aliphatic rings. The third-order valence-corrected chi connectivity index (χ3v) is 1.58. The number of hydrogen-bond acceptors (Lipinski definition) is 1.